The molecule has 0 bridgehead atoms. The van der Waals surface area contributed by atoms with Crippen LogP contribution in [0.1, 0.15) is 25.0 Å². The van der Waals surface area contributed by atoms with E-state index in [2.05, 4.69) is 15.6 Å². The van der Waals surface area contributed by atoms with Crippen LogP contribution in [0.5, 0.6) is 11.5 Å². The van der Waals surface area contributed by atoms with E-state index >= 15 is 0 Å². The normalized spacial score (nSPS) is 10.8. The van der Waals surface area contributed by atoms with Gasteiger partial charge in [-0.25, -0.2) is 4.39 Å². The number of nitrogens with one attached hydrogen (secondary N) is 2. The molecule has 0 saturated heterocycles. The first-order chi connectivity index (χ1) is 13.2. The van der Waals surface area contributed by atoms with E-state index in [4.69, 9.17) is 9.47 Å². The molecule has 2 N–H and O–H groups in total. The lowest BCUT2D eigenvalue weighted by Crippen LogP contribution is -2.37. The highest BCUT2D eigenvalue weighted by Crippen LogP contribution is 2.28. The number of aliphatic imine (C=N–C) groups is 1. The molecule has 0 heterocycles. The van der Waals surface area contributed by atoms with Crippen molar-refractivity contribution in [2.45, 2.75) is 26.8 Å². The number of benzene rings is 2. The summed E-state index contributed by atoms with van der Waals surface area (Å²) in [5, 5.41) is 6.50. The second kappa shape index (κ2) is 13.2. The van der Waals surface area contributed by atoms with Gasteiger partial charge in [0, 0.05) is 20.1 Å². The highest BCUT2D eigenvalue weighted by molar-refractivity contribution is 14.0. The zero-order chi connectivity index (χ0) is 19.5. The predicted octanol–water partition coefficient (Wildman–Crippen LogP) is 4.15. The molecule has 0 spiro atoms. The number of nitrogens with zero attached hydrogens (tertiary/aromatic N) is 1. The van der Waals surface area contributed by atoms with Crippen molar-refractivity contribution in [2.24, 2.45) is 4.99 Å². The minimum Gasteiger partial charge on any atom is -0.490 e. The summed E-state index contributed by atoms with van der Waals surface area (Å²) >= 11 is 0. The van der Waals surface area contributed by atoms with Crippen LogP contribution in [0.25, 0.3) is 0 Å². The van der Waals surface area contributed by atoms with E-state index in [1.807, 2.05) is 32.0 Å². The van der Waals surface area contributed by atoms with Gasteiger partial charge in [-0.1, -0.05) is 18.2 Å². The van der Waals surface area contributed by atoms with Crippen molar-refractivity contribution in [3.63, 3.8) is 0 Å². The topological polar surface area (TPSA) is 54.9 Å². The number of rotatable bonds is 9. The fourth-order valence-electron chi connectivity index (χ4n) is 2.58. The highest BCUT2D eigenvalue weighted by Gasteiger charge is 2.06. The van der Waals surface area contributed by atoms with Crippen molar-refractivity contribution in [1.29, 1.82) is 0 Å². The molecule has 2 rings (SSSR count). The van der Waals surface area contributed by atoms with Crippen molar-refractivity contribution in [3.8, 4) is 11.5 Å². The number of hydrogen-bond acceptors (Lipinski definition) is 3. The second-order valence-electron chi connectivity index (χ2n) is 5.88. The summed E-state index contributed by atoms with van der Waals surface area (Å²) in [5.41, 5.74) is 2.15. The summed E-state index contributed by atoms with van der Waals surface area (Å²) in [4.78, 5) is 4.21. The van der Waals surface area contributed by atoms with Crippen molar-refractivity contribution in [1.82, 2.24) is 10.6 Å². The quantitative estimate of drug-likeness (QED) is 0.308. The van der Waals surface area contributed by atoms with Gasteiger partial charge in [0.25, 0.3) is 0 Å². The molecule has 0 atom stereocenters. The van der Waals surface area contributed by atoms with Gasteiger partial charge in [0.15, 0.2) is 17.5 Å². The minimum absolute atomic E-state index is 0. The van der Waals surface area contributed by atoms with Crippen LogP contribution in [0, 0.1) is 5.82 Å². The summed E-state index contributed by atoms with van der Waals surface area (Å²) in [6.07, 6.45) is 0.823. The van der Waals surface area contributed by atoms with Crippen LogP contribution in [0.2, 0.25) is 0 Å². The van der Waals surface area contributed by atoms with Gasteiger partial charge in [-0.05, 0) is 55.7 Å². The van der Waals surface area contributed by atoms with Gasteiger partial charge in [0.2, 0.25) is 0 Å². The molecular formula is C21H29FIN3O2. The van der Waals surface area contributed by atoms with Gasteiger partial charge >= 0.3 is 0 Å². The zero-order valence-electron chi connectivity index (χ0n) is 16.6. The molecule has 0 aliphatic rings. The molecule has 0 amide bonds. The Hall–Kier alpha value is -2.03. The Kier molecular flexibility index (Phi) is 11.3. The molecular weight excluding hydrogens is 472 g/mol. The van der Waals surface area contributed by atoms with Crippen molar-refractivity contribution < 1.29 is 13.9 Å². The molecule has 154 valence electrons. The van der Waals surface area contributed by atoms with E-state index in [-0.39, 0.29) is 29.8 Å². The van der Waals surface area contributed by atoms with Crippen LogP contribution in [0.15, 0.2) is 47.5 Å². The lowest BCUT2D eigenvalue weighted by atomic mass is 10.1. The van der Waals surface area contributed by atoms with Crippen LogP contribution >= 0.6 is 24.0 Å². The molecule has 0 unspecified atom stereocenters. The van der Waals surface area contributed by atoms with Crippen LogP contribution in [-0.4, -0.2) is 32.8 Å². The van der Waals surface area contributed by atoms with Gasteiger partial charge in [0.05, 0.1) is 13.2 Å². The Bertz CT molecular complexity index is 739. The van der Waals surface area contributed by atoms with Gasteiger partial charge < -0.3 is 20.1 Å². The maximum absolute atomic E-state index is 13.0. The Morgan fingerprint density at radius 2 is 1.57 bits per heavy atom. The molecule has 0 aliphatic heterocycles. The average molecular weight is 501 g/mol. The summed E-state index contributed by atoms with van der Waals surface area (Å²) in [6.45, 7) is 6.43. The SMILES string of the molecule is CCOc1ccc(CCNC(=NC)NCc2ccc(F)cc2)cc1OCC.I. The predicted molar refractivity (Wildman–Crippen MR) is 123 cm³/mol. The first kappa shape index (κ1) is 24.0. The first-order valence-corrected chi connectivity index (χ1v) is 9.23. The molecule has 5 nitrogen and oxygen atoms in total. The number of guanidine groups is 1. The summed E-state index contributed by atoms with van der Waals surface area (Å²) < 4.78 is 24.2. The van der Waals surface area contributed by atoms with Crippen LogP contribution < -0.4 is 20.1 Å². The second-order valence-corrected chi connectivity index (χ2v) is 5.88. The summed E-state index contributed by atoms with van der Waals surface area (Å²) in [5.74, 6) is 2.02. The van der Waals surface area contributed by atoms with E-state index in [0.717, 1.165) is 35.6 Å². The maximum Gasteiger partial charge on any atom is 0.191 e. The molecule has 0 saturated carbocycles. The van der Waals surface area contributed by atoms with E-state index in [9.17, 15) is 4.39 Å². The zero-order valence-corrected chi connectivity index (χ0v) is 19.0. The molecule has 7 heteroatoms. The van der Waals surface area contributed by atoms with Crippen molar-refractivity contribution >= 4 is 29.9 Å². The maximum atomic E-state index is 13.0. The lowest BCUT2D eigenvalue weighted by molar-refractivity contribution is 0.287. The minimum atomic E-state index is -0.233. The Balaban J connectivity index is 0.00000392. The lowest BCUT2D eigenvalue weighted by Gasteiger charge is -2.14. The van der Waals surface area contributed by atoms with E-state index in [1.54, 1.807) is 19.2 Å². The molecule has 0 aromatic heterocycles. The Morgan fingerprint density at radius 3 is 2.21 bits per heavy atom. The molecule has 0 fully saturated rings. The number of ether oxygens (including phenoxy) is 2. The standard InChI is InChI=1S/C21H28FN3O2.HI/c1-4-26-19-11-8-16(14-20(19)27-5-2)12-13-24-21(23-3)25-15-17-6-9-18(22)10-7-17;/h6-11,14H,4-5,12-13,15H2,1-3H3,(H2,23,24,25);1H. The molecule has 2 aromatic carbocycles. The third-order valence-corrected chi connectivity index (χ3v) is 3.91. The average Bonchev–Trinajstić information content (AvgIpc) is 2.68. The van der Waals surface area contributed by atoms with Crippen LogP contribution in [-0.2, 0) is 13.0 Å². The molecule has 0 aliphatic carbocycles. The third-order valence-electron chi connectivity index (χ3n) is 3.91. The number of halogens is 2. The van der Waals surface area contributed by atoms with Gasteiger partial charge in [-0.15, -0.1) is 24.0 Å². The fraction of sp³-hybridized carbons (Fsp3) is 0.381. The summed E-state index contributed by atoms with van der Waals surface area (Å²) in [6, 6.07) is 12.4. The third kappa shape index (κ3) is 7.92. The van der Waals surface area contributed by atoms with E-state index < -0.39 is 0 Å². The monoisotopic (exact) mass is 501 g/mol. The molecule has 2 aromatic rings. The fourth-order valence-corrected chi connectivity index (χ4v) is 2.58. The van der Waals surface area contributed by atoms with Crippen molar-refractivity contribution in [3.05, 3.63) is 59.4 Å². The Labute approximate surface area is 183 Å². The van der Waals surface area contributed by atoms with Gasteiger partial charge in [0.1, 0.15) is 5.82 Å². The van der Waals surface area contributed by atoms with Gasteiger partial charge in [-0.2, -0.15) is 0 Å². The summed E-state index contributed by atoms with van der Waals surface area (Å²) in [7, 11) is 1.73. The van der Waals surface area contributed by atoms with Crippen molar-refractivity contribution in [2.75, 3.05) is 26.8 Å². The first-order valence-electron chi connectivity index (χ1n) is 9.23. The highest BCUT2D eigenvalue weighted by atomic mass is 127. The smallest absolute Gasteiger partial charge is 0.191 e. The van der Waals surface area contributed by atoms with Gasteiger partial charge in [-0.3, -0.25) is 4.99 Å². The van der Waals surface area contributed by atoms with Crippen LogP contribution in [0.3, 0.4) is 0 Å². The molecule has 28 heavy (non-hydrogen) atoms. The molecule has 0 radical (unpaired) electrons. The van der Waals surface area contributed by atoms with Crippen LogP contribution in [0.4, 0.5) is 4.39 Å². The largest absolute Gasteiger partial charge is 0.490 e. The Morgan fingerprint density at radius 1 is 0.929 bits per heavy atom. The van der Waals surface area contributed by atoms with E-state index in [0.29, 0.717) is 25.7 Å². The van der Waals surface area contributed by atoms with E-state index in [1.165, 1.54) is 12.1 Å². The number of hydrogen-bond donors (Lipinski definition) is 2.